The molecule has 0 spiro atoms. The van der Waals surface area contributed by atoms with Gasteiger partial charge in [-0.15, -0.1) is 0 Å². The third-order valence-electron chi connectivity index (χ3n) is 4.36. The Balaban J connectivity index is 1.78. The number of nitro benzene ring substituents is 1. The van der Waals surface area contributed by atoms with Crippen molar-refractivity contribution in [3.05, 3.63) is 69.2 Å². The Bertz CT molecular complexity index is 869. The zero-order chi connectivity index (χ0) is 18.8. The minimum atomic E-state index is -0.648. The van der Waals surface area contributed by atoms with Crippen LogP contribution in [0.25, 0.3) is 0 Å². The van der Waals surface area contributed by atoms with Gasteiger partial charge in [0.2, 0.25) is 5.91 Å². The molecule has 0 N–H and O–H groups in total. The van der Waals surface area contributed by atoms with E-state index in [1.54, 1.807) is 31.2 Å². The van der Waals surface area contributed by atoms with Crippen LogP contribution in [0.3, 0.4) is 0 Å². The number of nitrogens with zero attached hydrogens (tertiary/aromatic N) is 3. The summed E-state index contributed by atoms with van der Waals surface area (Å²) < 4.78 is 0. The van der Waals surface area contributed by atoms with Gasteiger partial charge in [0.1, 0.15) is 6.04 Å². The van der Waals surface area contributed by atoms with E-state index in [1.807, 2.05) is 0 Å². The number of anilines is 1. The Morgan fingerprint density at radius 1 is 1.19 bits per heavy atom. The van der Waals surface area contributed by atoms with Crippen molar-refractivity contribution in [2.45, 2.75) is 13.0 Å². The molecule has 0 aliphatic carbocycles. The maximum atomic E-state index is 12.7. The number of piperazine rings is 1. The SMILES string of the molecule is CC1C(=O)N(c2ccc([N+](=O)[O-])cc2)CCN1C(=O)c1cccc(Cl)c1. The van der Waals surface area contributed by atoms with E-state index in [0.717, 1.165) is 0 Å². The highest BCUT2D eigenvalue weighted by Crippen LogP contribution is 2.24. The fourth-order valence-electron chi connectivity index (χ4n) is 2.95. The Morgan fingerprint density at radius 2 is 1.88 bits per heavy atom. The van der Waals surface area contributed by atoms with Crippen molar-refractivity contribution in [2.75, 3.05) is 18.0 Å². The van der Waals surface area contributed by atoms with Gasteiger partial charge in [-0.25, -0.2) is 0 Å². The molecule has 1 heterocycles. The van der Waals surface area contributed by atoms with Crippen LogP contribution >= 0.6 is 11.6 Å². The van der Waals surface area contributed by atoms with Crippen LogP contribution in [0.15, 0.2) is 48.5 Å². The van der Waals surface area contributed by atoms with Crippen molar-refractivity contribution in [3.8, 4) is 0 Å². The number of benzene rings is 2. The van der Waals surface area contributed by atoms with E-state index in [2.05, 4.69) is 0 Å². The van der Waals surface area contributed by atoms with E-state index in [-0.39, 0.29) is 17.5 Å². The molecule has 3 rings (SSSR count). The van der Waals surface area contributed by atoms with E-state index < -0.39 is 11.0 Å². The van der Waals surface area contributed by atoms with Crippen molar-refractivity contribution in [2.24, 2.45) is 0 Å². The largest absolute Gasteiger partial charge is 0.325 e. The van der Waals surface area contributed by atoms with E-state index in [4.69, 9.17) is 11.6 Å². The van der Waals surface area contributed by atoms with Crippen LogP contribution in [0.1, 0.15) is 17.3 Å². The number of non-ortho nitro benzene ring substituents is 1. The number of hydrogen-bond acceptors (Lipinski definition) is 4. The number of carbonyl (C=O) groups excluding carboxylic acids is 2. The number of amides is 2. The lowest BCUT2D eigenvalue weighted by molar-refractivity contribution is -0.384. The molecule has 1 atom stereocenters. The number of hydrogen-bond donors (Lipinski definition) is 0. The normalized spacial score (nSPS) is 17.3. The van der Waals surface area contributed by atoms with Gasteiger partial charge in [-0.1, -0.05) is 17.7 Å². The van der Waals surface area contributed by atoms with E-state index in [0.29, 0.717) is 29.4 Å². The summed E-state index contributed by atoms with van der Waals surface area (Å²) in [6, 6.07) is 11.7. The predicted octanol–water partition coefficient (Wildman–Crippen LogP) is 3.13. The highest BCUT2D eigenvalue weighted by Gasteiger charge is 2.35. The van der Waals surface area contributed by atoms with Crippen LogP contribution in [-0.4, -0.2) is 40.8 Å². The van der Waals surface area contributed by atoms with Crippen LogP contribution in [0.5, 0.6) is 0 Å². The maximum absolute atomic E-state index is 12.7. The van der Waals surface area contributed by atoms with Crippen LogP contribution < -0.4 is 4.90 Å². The molecule has 26 heavy (non-hydrogen) atoms. The fraction of sp³-hybridized carbons (Fsp3) is 0.222. The van der Waals surface area contributed by atoms with Gasteiger partial charge >= 0.3 is 0 Å². The van der Waals surface area contributed by atoms with Gasteiger partial charge in [-0.3, -0.25) is 19.7 Å². The topological polar surface area (TPSA) is 83.8 Å². The lowest BCUT2D eigenvalue weighted by Gasteiger charge is -2.39. The molecule has 1 aliphatic rings. The summed E-state index contributed by atoms with van der Waals surface area (Å²) >= 11 is 5.94. The van der Waals surface area contributed by atoms with Crippen LogP contribution in [0.4, 0.5) is 11.4 Å². The highest BCUT2D eigenvalue weighted by molar-refractivity contribution is 6.31. The number of halogens is 1. The van der Waals surface area contributed by atoms with Gasteiger partial charge in [0.25, 0.3) is 11.6 Å². The summed E-state index contributed by atoms with van der Waals surface area (Å²) in [6.45, 7) is 2.34. The zero-order valence-corrected chi connectivity index (χ0v) is 14.7. The standard InChI is InChI=1S/C18H16ClN3O4/c1-12-17(23)21(15-5-7-16(8-6-15)22(25)26)10-9-20(12)18(24)13-3-2-4-14(19)11-13/h2-8,11-12H,9-10H2,1H3. The van der Waals surface area contributed by atoms with Crippen LogP contribution in [0, 0.1) is 10.1 Å². The van der Waals surface area contributed by atoms with E-state index in [1.165, 1.54) is 34.1 Å². The lowest BCUT2D eigenvalue weighted by atomic mass is 10.1. The summed E-state index contributed by atoms with van der Waals surface area (Å²) in [5, 5.41) is 11.2. The van der Waals surface area contributed by atoms with Crippen molar-refractivity contribution < 1.29 is 14.5 Å². The molecule has 8 heteroatoms. The first-order valence-electron chi connectivity index (χ1n) is 8.01. The molecule has 1 aliphatic heterocycles. The monoisotopic (exact) mass is 373 g/mol. The average molecular weight is 374 g/mol. The smallest absolute Gasteiger partial charge is 0.269 e. The lowest BCUT2D eigenvalue weighted by Crippen LogP contribution is -2.57. The van der Waals surface area contributed by atoms with Crippen molar-refractivity contribution in [3.63, 3.8) is 0 Å². The summed E-state index contributed by atoms with van der Waals surface area (Å²) in [6.07, 6.45) is 0. The summed E-state index contributed by atoms with van der Waals surface area (Å²) in [4.78, 5) is 38.7. The molecule has 1 unspecified atom stereocenters. The molecule has 0 aromatic heterocycles. The molecule has 2 amide bonds. The van der Waals surface area contributed by atoms with Crippen molar-refractivity contribution in [1.29, 1.82) is 0 Å². The number of nitro groups is 1. The summed E-state index contributed by atoms with van der Waals surface area (Å²) in [7, 11) is 0. The fourth-order valence-corrected chi connectivity index (χ4v) is 3.14. The molecule has 2 aromatic rings. The molecule has 0 bridgehead atoms. The second-order valence-corrected chi connectivity index (χ2v) is 6.38. The minimum absolute atomic E-state index is 0.0379. The molecule has 2 aromatic carbocycles. The molecule has 0 saturated carbocycles. The Hall–Kier alpha value is -2.93. The summed E-state index contributed by atoms with van der Waals surface area (Å²) in [5.41, 5.74) is 0.965. The minimum Gasteiger partial charge on any atom is -0.325 e. The van der Waals surface area contributed by atoms with Crippen LogP contribution in [-0.2, 0) is 4.79 Å². The molecular weight excluding hydrogens is 358 g/mol. The summed E-state index contributed by atoms with van der Waals surface area (Å²) in [5.74, 6) is -0.489. The van der Waals surface area contributed by atoms with E-state index in [9.17, 15) is 19.7 Å². The molecular formula is C18H16ClN3O4. The number of rotatable bonds is 3. The quantitative estimate of drug-likeness (QED) is 0.611. The van der Waals surface area contributed by atoms with E-state index >= 15 is 0 Å². The molecule has 1 fully saturated rings. The maximum Gasteiger partial charge on any atom is 0.269 e. The average Bonchev–Trinajstić information content (AvgIpc) is 2.63. The van der Waals surface area contributed by atoms with Gasteiger partial charge in [0.15, 0.2) is 0 Å². The predicted molar refractivity (Wildman–Crippen MR) is 97.4 cm³/mol. The zero-order valence-electron chi connectivity index (χ0n) is 14.0. The second kappa shape index (κ2) is 7.13. The number of carbonyl (C=O) groups is 2. The first kappa shape index (κ1) is 17.9. The van der Waals surface area contributed by atoms with Crippen molar-refractivity contribution >= 4 is 34.8 Å². The van der Waals surface area contributed by atoms with Gasteiger partial charge < -0.3 is 9.80 Å². The van der Waals surface area contributed by atoms with Gasteiger partial charge in [-0.05, 0) is 37.3 Å². The molecule has 7 nitrogen and oxygen atoms in total. The third kappa shape index (κ3) is 3.39. The third-order valence-corrected chi connectivity index (χ3v) is 4.60. The molecule has 0 radical (unpaired) electrons. The highest BCUT2D eigenvalue weighted by atomic mass is 35.5. The first-order valence-corrected chi connectivity index (χ1v) is 8.38. The first-order chi connectivity index (χ1) is 12.4. The van der Waals surface area contributed by atoms with Gasteiger partial charge in [0.05, 0.1) is 4.92 Å². The Kier molecular flexibility index (Phi) is 4.90. The van der Waals surface area contributed by atoms with Crippen molar-refractivity contribution in [1.82, 2.24) is 4.90 Å². The van der Waals surface area contributed by atoms with Gasteiger partial charge in [-0.2, -0.15) is 0 Å². The Labute approximate surface area is 154 Å². The van der Waals surface area contributed by atoms with Gasteiger partial charge in [0, 0.05) is 41.5 Å². The molecule has 134 valence electrons. The Morgan fingerprint density at radius 3 is 2.50 bits per heavy atom. The van der Waals surface area contributed by atoms with Crippen LogP contribution in [0.2, 0.25) is 5.02 Å². The second-order valence-electron chi connectivity index (χ2n) is 5.95. The molecule has 1 saturated heterocycles.